The summed E-state index contributed by atoms with van der Waals surface area (Å²) in [5, 5.41) is 0.213. The van der Waals surface area contributed by atoms with Crippen LogP contribution < -0.4 is 11.2 Å². The molecule has 1 aliphatic rings. The molecule has 0 atom stereocenters. The lowest BCUT2D eigenvalue weighted by Crippen LogP contribution is -2.35. The van der Waals surface area contributed by atoms with Crippen molar-refractivity contribution in [3.05, 3.63) is 38.2 Å². The molecule has 2 aromatic heterocycles. The van der Waals surface area contributed by atoms with Crippen LogP contribution in [0.15, 0.2) is 15.7 Å². The first-order valence-corrected chi connectivity index (χ1v) is 9.41. The summed E-state index contributed by atoms with van der Waals surface area (Å²) in [6.07, 6.45) is 4.19. The molecular formula is C19H26N4O3. The summed E-state index contributed by atoms with van der Waals surface area (Å²) in [6.45, 7) is 7.55. The Morgan fingerprint density at radius 2 is 1.85 bits per heavy atom. The van der Waals surface area contributed by atoms with E-state index in [-0.39, 0.29) is 17.2 Å². The van der Waals surface area contributed by atoms with Gasteiger partial charge in [0, 0.05) is 25.3 Å². The number of pyridine rings is 1. The molecule has 140 valence electrons. The van der Waals surface area contributed by atoms with Crippen molar-refractivity contribution in [2.75, 3.05) is 13.1 Å². The number of H-pyrrole nitrogens is 1. The zero-order chi connectivity index (χ0) is 18.8. The summed E-state index contributed by atoms with van der Waals surface area (Å²) in [5.41, 5.74) is 0.319. The van der Waals surface area contributed by atoms with Crippen molar-refractivity contribution >= 4 is 16.9 Å². The minimum atomic E-state index is -0.546. The highest BCUT2D eigenvalue weighted by atomic mass is 16.2. The third-order valence-electron chi connectivity index (χ3n) is 5.00. The summed E-state index contributed by atoms with van der Waals surface area (Å²) in [5.74, 6) is -0.0669. The molecule has 2 aromatic rings. The maximum Gasteiger partial charge on any atom is 0.329 e. The second-order valence-corrected chi connectivity index (χ2v) is 7.16. The Morgan fingerprint density at radius 3 is 2.42 bits per heavy atom. The topological polar surface area (TPSA) is 88.1 Å². The Morgan fingerprint density at radius 1 is 1.19 bits per heavy atom. The van der Waals surface area contributed by atoms with Crippen LogP contribution in [0.2, 0.25) is 0 Å². The molecule has 0 radical (unpaired) electrons. The fourth-order valence-electron chi connectivity index (χ4n) is 3.50. The van der Waals surface area contributed by atoms with Gasteiger partial charge in [0.25, 0.3) is 11.5 Å². The van der Waals surface area contributed by atoms with Crippen LogP contribution in [0.25, 0.3) is 11.0 Å². The third-order valence-corrected chi connectivity index (χ3v) is 5.00. The van der Waals surface area contributed by atoms with Crippen LogP contribution in [0, 0.1) is 0 Å². The molecule has 0 bridgehead atoms. The Kier molecular flexibility index (Phi) is 5.25. The molecule has 1 aliphatic heterocycles. The van der Waals surface area contributed by atoms with E-state index in [1.165, 1.54) is 4.57 Å². The standard InChI is InChI=1S/C19H26N4O3/c1-4-23-16-15(17(24)21-19(23)26)13(11-14(20-16)12(2)3)18(25)22-9-7-5-6-8-10-22/h11-12H,4-10H2,1-3H3,(H,21,24,26). The number of carbonyl (C=O) groups is 1. The molecule has 3 rings (SSSR count). The SMILES string of the molecule is CCn1c(=O)[nH]c(=O)c2c(C(=O)N3CCCCCC3)cc(C(C)C)nc21. The van der Waals surface area contributed by atoms with Crippen LogP contribution in [-0.2, 0) is 6.54 Å². The van der Waals surface area contributed by atoms with Gasteiger partial charge < -0.3 is 4.90 Å². The van der Waals surface area contributed by atoms with Crippen molar-refractivity contribution in [1.29, 1.82) is 0 Å². The molecule has 7 heteroatoms. The highest BCUT2D eigenvalue weighted by molar-refractivity contribution is 6.05. The number of amides is 1. The number of nitrogens with one attached hydrogen (secondary N) is 1. The Labute approximate surface area is 152 Å². The summed E-state index contributed by atoms with van der Waals surface area (Å²) in [6, 6.07) is 1.72. The predicted molar refractivity (Wildman–Crippen MR) is 101 cm³/mol. The summed E-state index contributed by atoms with van der Waals surface area (Å²) in [4.78, 5) is 46.7. The average Bonchev–Trinajstić information content (AvgIpc) is 2.89. The number of fused-ring (bicyclic) bond motifs is 1. The van der Waals surface area contributed by atoms with E-state index >= 15 is 0 Å². The number of carbonyl (C=O) groups excluding carboxylic acids is 1. The number of aromatic nitrogens is 3. The fraction of sp³-hybridized carbons (Fsp3) is 0.579. The molecule has 0 spiro atoms. The Balaban J connectivity index is 2.27. The van der Waals surface area contributed by atoms with Gasteiger partial charge in [0.1, 0.15) is 0 Å². The molecule has 1 fully saturated rings. The van der Waals surface area contributed by atoms with Gasteiger partial charge in [0.05, 0.1) is 10.9 Å². The van der Waals surface area contributed by atoms with Crippen molar-refractivity contribution in [3.63, 3.8) is 0 Å². The van der Waals surface area contributed by atoms with E-state index in [2.05, 4.69) is 9.97 Å². The van der Waals surface area contributed by atoms with Crippen LogP contribution in [0.5, 0.6) is 0 Å². The van der Waals surface area contributed by atoms with Crippen molar-refractivity contribution < 1.29 is 4.79 Å². The lowest BCUT2D eigenvalue weighted by Gasteiger charge is -2.22. The second-order valence-electron chi connectivity index (χ2n) is 7.16. The smallest absolute Gasteiger partial charge is 0.329 e. The first-order chi connectivity index (χ1) is 12.4. The minimum absolute atomic E-state index is 0.0785. The minimum Gasteiger partial charge on any atom is -0.339 e. The zero-order valence-electron chi connectivity index (χ0n) is 15.7. The predicted octanol–water partition coefficient (Wildman–Crippen LogP) is 2.24. The molecule has 0 aliphatic carbocycles. The highest BCUT2D eigenvalue weighted by Gasteiger charge is 2.24. The molecule has 0 unspecified atom stereocenters. The maximum absolute atomic E-state index is 13.2. The maximum atomic E-state index is 13.2. The average molecular weight is 358 g/mol. The largest absolute Gasteiger partial charge is 0.339 e. The van der Waals surface area contributed by atoms with Crippen LogP contribution in [0.4, 0.5) is 0 Å². The molecule has 1 N–H and O–H groups in total. The molecule has 7 nitrogen and oxygen atoms in total. The molecule has 1 saturated heterocycles. The number of hydrogen-bond donors (Lipinski definition) is 1. The van der Waals surface area contributed by atoms with Gasteiger partial charge in [0.2, 0.25) is 0 Å². The Hall–Kier alpha value is -2.44. The molecule has 26 heavy (non-hydrogen) atoms. The molecule has 0 aromatic carbocycles. The van der Waals surface area contributed by atoms with Gasteiger partial charge >= 0.3 is 5.69 Å². The number of aromatic amines is 1. The molecule has 0 saturated carbocycles. The van der Waals surface area contributed by atoms with E-state index in [4.69, 9.17) is 0 Å². The second kappa shape index (κ2) is 7.43. The number of nitrogens with zero attached hydrogens (tertiary/aromatic N) is 3. The molecule has 1 amide bonds. The normalized spacial score (nSPS) is 15.5. The van der Waals surface area contributed by atoms with Gasteiger partial charge in [-0.25, -0.2) is 9.78 Å². The van der Waals surface area contributed by atoms with E-state index in [0.29, 0.717) is 36.5 Å². The first-order valence-electron chi connectivity index (χ1n) is 9.41. The number of hydrogen-bond acceptors (Lipinski definition) is 4. The summed E-state index contributed by atoms with van der Waals surface area (Å²) in [7, 11) is 0. The van der Waals surface area contributed by atoms with E-state index in [0.717, 1.165) is 25.7 Å². The van der Waals surface area contributed by atoms with Crippen molar-refractivity contribution in [3.8, 4) is 0 Å². The van der Waals surface area contributed by atoms with Gasteiger partial charge in [-0.1, -0.05) is 26.7 Å². The number of aryl methyl sites for hydroxylation is 1. The quantitative estimate of drug-likeness (QED) is 0.911. The van der Waals surface area contributed by atoms with Crippen molar-refractivity contribution in [2.45, 2.75) is 58.9 Å². The van der Waals surface area contributed by atoms with Gasteiger partial charge in [-0.2, -0.15) is 0 Å². The van der Waals surface area contributed by atoms with Crippen LogP contribution >= 0.6 is 0 Å². The van der Waals surface area contributed by atoms with Gasteiger partial charge in [-0.15, -0.1) is 0 Å². The lowest BCUT2D eigenvalue weighted by molar-refractivity contribution is 0.0763. The number of rotatable bonds is 3. The molecule has 3 heterocycles. The zero-order valence-corrected chi connectivity index (χ0v) is 15.7. The fourth-order valence-corrected chi connectivity index (χ4v) is 3.50. The van der Waals surface area contributed by atoms with E-state index in [9.17, 15) is 14.4 Å². The van der Waals surface area contributed by atoms with Gasteiger partial charge in [-0.3, -0.25) is 19.1 Å². The van der Waals surface area contributed by atoms with Gasteiger partial charge in [-0.05, 0) is 31.7 Å². The third kappa shape index (κ3) is 3.30. The van der Waals surface area contributed by atoms with Crippen LogP contribution in [0.1, 0.15) is 68.4 Å². The molecular weight excluding hydrogens is 332 g/mol. The van der Waals surface area contributed by atoms with E-state index in [1.54, 1.807) is 6.07 Å². The number of likely N-dealkylation sites (tertiary alicyclic amines) is 1. The van der Waals surface area contributed by atoms with E-state index < -0.39 is 11.2 Å². The first kappa shape index (κ1) is 18.4. The summed E-state index contributed by atoms with van der Waals surface area (Å²) >= 11 is 0. The monoisotopic (exact) mass is 358 g/mol. The van der Waals surface area contributed by atoms with Crippen LogP contribution in [0.3, 0.4) is 0 Å². The lowest BCUT2D eigenvalue weighted by atomic mass is 10.0. The van der Waals surface area contributed by atoms with E-state index in [1.807, 2.05) is 25.7 Å². The summed E-state index contributed by atoms with van der Waals surface area (Å²) < 4.78 is 1.42. The van der Waals surface area contributed by atoms with Crippen LogP contribution in [-0.4, -0.2) is 38.4 Å². The Bertz CT molecular complexity index is 934. The van der Waals surface area contributed by atoms with Crippen molar-refractivity contribution in [1.82, 2.24) is 19.4 Å². The van der Waals surface area contributed by atoms with Crippen molar-refractivity contribution in [2.24, 2.45) is 0 Å². The highest BCUT2D eigenvalue weighted by Crippen LogP contribution is 2.22. The van der Waals surface area contributed by atoms with Gasteiger partial charge in [0.15, 0.2) is 5.65 Å².